The van der Waals surface area contributed by atoms with E-state index in [9.17, 15) is 26.3 Å². The fourth-order valence-electron chi connectivity index (χ4n) is 3.79. The van der Waals surface area contributed by atoms with Crippen LogP contribution in [-0.2, 0) is 0 Å². The number of hydrogen-bond acceptors (Lipinski definition) is 2. The van der Waals surface area contributed by atoms with Gasteiger partial charge in [-0.25, -0.2) is 26.3 Å². The second-order valence-corrected chi connectivity index (χ2v) is 10.4. The molecule has 0 aliphatic rings. The fraction of sp³-hybridized carbons (Fsp3) is 0.143. The van der Waals surface area contributed by atoms with Crippen molar-refractivity contribution in [2.45, 2.75) is 12.8 Å². The molecule has 0 fully saturated rings. The third kappa shape index (κ3) is 6.05. The number of unbranched alkanes of at least 4 members (excludes halogenated alkanes) is 1. The van der Waals surface area contributed by atoms with Crippen molar-refractivity contribution >= 4 is 45.2 Å². The van der Waals surface area contributed by atoms with Gasteiger partial charge in [0.15, 0.2) is 34.9 Å². The van der Waals surface area contributed by atoms with E-state index < -0.39 is 34.9 Å². The Kier molecular flexibility index (Phi) is 9.45. The van der Waals surface area contributed by atoms with E-state index in [1.807, 2.05) is 0 Å². The van der Waals surface area contributed by atoms with Crippen LogP contribution >= 0.6 is 45.2 Å². The van der Waals surface area contributed by atoms with E-state index in [-0.39, 0.29) is 31.5 Å². The highest BCUT2D eigenvalue weighted by Crippen LogP contribution is 2.38. The van der Waals surface area contributed by atoms with Gasteiger partial charge >= 0.3 is 0 Å². The summed E-state index contributed by atoms with van der Waals surface area (Å²) in [6.45, 7) is 0.444. The number of ether oxygens (including phenoxy) is 2. The zero-order valence-electron chi connectivity index (χ0n) is 19.4. The summed E-state index contributed by atoms with van der Waals surface area (Å²) in [5.41, 5.74) is 0.418. The van der Waals surface area contributed by atoms with E-state index in [4.69, 9.17) is 9.47 Å². The molecule has 0 aliphatic heterocycles. The maximum Gasteiger partial charge on any atom is 0.195 e. The molecule has 4 rings (SSSR count). The first-order chi connectivity index (χ1) is 18.2. The molecule has 2 nitrogen and oxygen atoms in total. The Bertz CT molecular complexity index is 1370. The monoisotopic (exact) mass is 754 g/mol. The Labute approximate surface area is 242 Å². The molecule has 4 aromatic carbocycles. The Hall–Kier alpha value is -2.48. The highest BCUT2D eigenvalue weighted by atomic mass is 127. The van der Waals surface area contributed by atoms with Gasteiger partial charge in [0.25, 0.3) is 0 Å². The maximum atomic E-state index is 14.5. The Balaban J connectivity index is 1.40. The van der Waals surface area contributed by atoms with Gasteiger partial charge < -0.3 is 9.47 Å². The van der Waals surface area contributed by atoms with Gasteiger partial charge in [-0.1, -0.05) is 36.4 Å². The van der Waals surface area contributed by atoms with Crippen molar-refractivity contribution in [3.05, 3.63) is 103 Å². The van der Waals surface area contributed by atoms with Crippen LogP contribution < -0.4 is 9.47 Å². The zero-order valence-corrected chi connectivity index (χ0v) is 23.8. The summed E-state index contributed by atoms with van der Waals surface area (Å²) in [5, 5.41) is 0. The highest BCUT2D eigenvalue weighted by Gasteiger charge is 2.22. The van der Waals surface area contributed by atoms with Gasteiger partial charge in [0, 0.05) is 29.4 Å². The molecule has 0 saturated carbocycles. The standard InChI is InChI=1S/C28H18F6I2O2/c29-17-13-19(35)23(27(33)25(17)31)15-7-1-3-9-21(15)37-11-5-6-12-38-22-10-4-2-8-16(22)24-20(36)14-18(30)26(32)28(24)34/h1-4,7-10,13-14H,5-6,11-12H2. The first-order valence-corrected chi connectivity index (χ1v) is 13.5. The average molecular weight is 754 g/mol. The van der Waals surface area contributed by atoms with Crippen LogP contribution in [0.5, 0.6) is 11.5 Å². The van der Waals surface area contributed by atoms with Crippen LogP contribution in [0.2, 0.25) is 0 Å². The van der Waals surface area contributed by atoms with Gasteiger partial charge in [-0.3, -0.25) is 0 Å². The van der Waals surface area contributed by atoms with E-state index >= 15 is 0 Å². The number of rotatable bonds is 9. The highest BCUT2D eigenvalue weighted by molar-refractivity contribution is 14.1. The Morgan fingerprint density at radius 3 is 1.29 bits per heavy atom. The van der Waals surface area contributed by atoms with E-state index in [2.05, 4.69) is 0 Å². The number of hydrogen-bond donors (Lipinski definition) is 0. The Morgan fingerprint density at radius 1 is 0.526 bits per heavy atom. The van der Waals surface area contributed by atoms with Gasteiger partial charge in [-0.2, -0.15) is 0 Å². The molecule has 0 atom stereocenters. The van der Waals surface area contributed by atoms with Crippen molar-refractivity contribution in [2.24, 2.45) is 0 Å². The van der Waals surface area contributed by atoms with Gasteiger partial charge in [0.2, 0.25) is 0 Å². The van der Waals surface area contributed by atoms with Gasteiger partial charge in [0.05, 0.1) is 13.2 Å². The van der Waals surface area contributed by atoms with Crippen LogP contribution in [0.4, 0.5) is 26.3 Å². The summed E-state index contributed by atoms with van der Waals surface area (Å²) in [4.78, 5) is 0. The third-order valence-electron chi connectivity index (χ3n) is 5.59. The summed E-state index contributed by atoms with van der Waals surface area (Å²) < 4.78 is 95.9. The molecule has 0 unspecified atom stereocenters. The molecule has 0 amide bonds. The van der Waals surface area contributed by atoms with E-state index in [1.54, 1.807) is 93.7 Å². The minimum Gasteiger partial charge on any atom is -0.493 e. The van der Waals surface area contributed by atoms with Gasteiger partial charge in [0.1, 0.15) is 11.5 Å². The molecule has 198 valence electrons. The molecular formula is C28H18F6I2O2. The number of halogens is 8. The normalized spacial score (nSPS) is 11.1. The SMILES string of the molecule is Fc1cc(I)c(-c2ccccc2OCCCCOc2ccccc2-c2c(I)cc(F)c(F)c2F)c(F)c1F. The third-order valence-corrected chi connectivity index (χ3v) is 7.30. The zero-order chi connectivity index (χ0) is 27.4. The second-order valence-electron chi connectivity index (χ2n) is 8.08. The summed E-state index contributed by atoms with van der Waals surface area (Å²) in [6.07, 6.45) is 1.04. The quantitative estimate of drug-likeness (QED) is 0.0558. The molecule has 0 saturated heterocycles. The van der Waals surface area contributed by atoms with E-state index in [0.29, 0.717) is 35.5 Å². The van der Waals surface area contributed by atoms with Crippen molar-refractivity contribution < 1.29 is 35.8 Å². The predicted molar refractivity (Wildman–Crippen MR) is 149 cm³/mol. The lowest BCUT2D eigenvalue weighted by Crippen LogP contribution is -2.05. The Morgan fingerprint density at radius 2 is 0.895 bits per heavy atom. The molecular weight excluding hydrogens is 736 g/mol. The average Bonchev–Trinajstić information content (AvgIpc) is 2.89. The molecule has 0 heterocycles. The van der Waals surface area contributed by atoms with Gasteiger partial charge in [-0.15, -0.1) is 0 Å². The van der Waals surface area contributed by atoms with Crippen LogP contribution in [0.25, 0.3) is 22.3 Å². The number of benzene rings is 4. The molecule has 0 spiro atoms. The molecule has 0 aliphatic carbocycles. The fourth-order valence-corrected chi connectivity index (χ4v) is 5.39. The van der Waals surface area contributed by atoms with Crippen molar-refractivity contribution in [1.29, 1.82) is 0 Å². The molecule has 10 heteroatoms. The molecule has 0 bridgehead atoms. The first kappa shape index (κ1) is 28.5. The van der Waals surface area contributed by atoms with E-state index in [1.165, 1.54) is 0 Å². The van der Waals surface area contributed by atoms with Crippen molar-refractivity contribution in [2.75, 3.05) is 13.2 Å². The first-order valence-electron chi connectivity index (χ1n) is 11.3. The lowest BCUT2D eigenvalue weighted by Gasteiger charge is -2.15. The van der Waals surface area contributed by atoms with Crippen molar-refractivity contribution in [3.8, 4) is 33.8 Å². The lowest BCUT2D eigenvalue weighted by atomic mass is 10.0. The number of para-hydroxylation sites is 2. The van der Waals surface area contributed by atoms with Crippen LogP contribution in [0, 0.1) is 42.0 Å². The molecule has 0 radical (unpaired) electrons. The maximum absolute atomic E-state index is 14.5. The topological polar surface area (TPSA) is 18.5 Å². The molecule has 0 aromatic heterocycles. The summed E-state index contributed by atoms with van der Waals surface area (Å²) >= 11 is 3.48. The predicted octanol–water partition coefficient (Wildman–Crippen LogP) is 9.30. The summed E-state index contributed by atoms with van der Waals surface area (Å²) in [6, 6.07) is 14.8. The van der Waals surface area contributed by atoms with Gasteiger partial charge in [-0.05, 0) is 82.3 Å². The molecule has 38 heavy (non-hydrogen) atoms. The summed E-state index contributed by atoms with van der Waals surface area (Å²) in [7, 11) is 0. The minimum atomic E-state index is -1.55. The minimum absolute atomic E-state index is 0.0841. The van der Waals surface area contributed by atoms with Crippen LogP contribution in [-0.4, -0.2) is 13.2 Å². The smallest absolute Gasteiger partial charge is 0.195 e. The molecule has 0 N–H and O–H groups in total. The van der Waals surface area contributed by atoms with Crippen molar-refractivity contribution in [1.82, 2.24) is 0 Å². The summed E-state index contributed by atoms with van der Waals surface area (Å²) in [5.74, 6) is -7.59. The van der Waals surface area contributed by atoms with E-state index in [0.717, 1.165) is 12.1 Å². The van der Waals surface area contributed by atoms with Crippen molar-refractivity contribution in [3.63, 3.8) is 0 Å². The molecule has 4 aromatic rings. The van der Waals surface area contributed by atoms with Crippen LogP contribution in [0.15, 0.2) is 60.7 Å². The van der Waals surface area contributed by atoms with Crippen LogP contribution in [0.3, 0.4) is 0 Å². The second kappa shape index (κ2) is 12.6. The lowest BCUT2D eigenvalue weighted by molar-refractivity contribution is 0.267. The largest absolute Gasteiger partial charge is 0.493 e. The van der Waals surface area contributed by atoms with Crippen LogP contribution in [0.1, 0.15) is 12.8 Å².